The van der Waals surface area contributed by atoms with E-state index in [0.29, 0.717) is 13.0 Å². The van der Waals surface area contributed by atoms with Crippen LogP contribution in [0.25, 0.3) is 0 Å². The highest BCUT2D eigenvalue weighted by molar-refractivity contribution is 5.76. The van der Waals surface area contributed by atoms with Crippen molar-refractivity contribution in [2.75, 3.05) is 20.7 Å². The molecule has 1 aliphatic rings. The van der Waals surface area contributed by atoms with E-state index in [-0.39, 0.29) is 18.1 Å². The van der Waals surface area contributed by atoms with Crippen molar-refractivity contribution in [3.05, 3.63) is 0 Å². The quantitative estimate of drug-likeness (QED) is 0.510. The molecule has 0 aliphatic carbocycles. The zero-order valence-electron chi connectivity index (χ0n) is 6.78. The number of hydrogen-bond donors (Lipinski definition) is 1. The first-order valence-electron chi connectivity index (χ1n) is 3.61. The van der Waals surface area contributed by atoms with Crippen molar-refractivity contribution in [3.63, 3.8) is 0 Å². The number of methoxy groups -OCH3 is 1. The minimum atomic E-state index is -0.385. The number of carbonyl (C=O) groups is 1. The molecule has 0 radical (unpaired) electrons. The highest BCUT2D eigenvalue weighted by Crippen LogP contribution is 2.16. The SMILES string of the molecule is COC(=O)C1CC(O)CN1C. The van der Waals surface area contributed by atoms with Gasteiger partial charge in [0, 0.05) is 13.0 Å². The standard InChI is InChI=1S/C7H13NO3/c1-8-4-5(9)3-6(8)7(10)11-2/h5-6,9H,3-4H2,1-2H3. The Hall–Kier alpha value is -0.610. The predicted molar refractivity (Wildman–Crippen MR) is 39.1 cm³/mol. The number of likely N-dealkylation sites (N-methyl/N-ethyl adjacent to an activating group) is 1. The molecule has 11 heavy (non-hydrogen) atoms. The summed E-state index contributed by atoms with van der Waals surface area (Å²) in [7, 11) is 3.17. The third-order valence-electron chi connectivity index (χ3n) is 2.00. The zero-order chi connectivity index (χ0) is 8.43. The summed E-state index contributed by atoms with van der Waals surface area (Å²) in [5.74, 6) is -0.260. The number of likely N-dealkylation sites (tertiary alicyclic amines) is 1. The van der Waals surface area contributed by atoms with Crippen molar-refractivity contribution in [3.8, 4) is 0 Å². The third-order valence-corrected chi connectivity index (χ3v) is 2.00. The number of rotatable bonds is 1. The van der Waals surface area contributed by atoms with Gasteiger partial charge in [-0.15, -0.1) is 0 Å². The Labute approximate surface area is 65.8 Å². The molecular formula is C7H13NO3. The van der Waals surface area contributed by atoms with Crippen LogP contribution in [0.1, 0.15) is 6.42 Å². The van der Waals surface area contributed by atoms with Crippen LogP contribution in [0.2, 0.25) is 0 Å². The van der Waals surface area contributed by atoms with E-state index < -0.39 is 0 Å². The Morgan fingerprint density at radius 2 is 2.36 bits per heavy atom. The first-order valence-corrected chi connectivity index (χ1v) is 3.61. The molecule has 0 spiro atoms. The van der Waals surface area contributed by atoms with Gasteiger partial charge in [0.1, 0.15) is 6.04 Å². The van der Waals surface area contributed by atoms with Gasteiger partial charge in [0.15, 0.2) is 0 Å². The van der Waals surface area contributed by atoms with Gasteiger partial charge < -0.3 is 9.84 Å². The normalized spacial score (nSPS) is 32.3. The number of aliphatic hydroxyl groups excluding tert-OH is 1. The monoisotopic (exact) mass is 159 g/mol. The first-order chi connectivity index (χ1) is 5.15. The molecule has 0 aromatic rings. The van der Waals surface area contributed by atoms with E-state index in [1.54, 1.807) is 11.9 Å². The molecule has 1 saturated heterocycles. The van der Waals surface area contributed by atoms with E-state index in [2.05, 4.69) is 4.74 Å². The van der Waals surface area contributed by atoms with Gasteiger partial charge in [0.05, 0.1) is 13.2 Å². The van der Waals surface area contributed by atoms with Crippen molar-refractivity contribution >= 4 is 5.97 Å². The maximum Gasteiger partial charge on any atom is 0.323 e. The number of esters is 1. The number of nitrogens with zero attached hydrogens (tertiary/aromatic N) is 1. The summed E-state index contributed by atoms with van der Waals surface area (Å²) < 4.78 is 4.56. The lowest BCUT2D eigenvalue weighted by Gasteiger charge is -2.15. The molecule has 1 aliphatic heterocycles. The second-order valence-electron chi connectivity index (χ2n) is 2.87. The molecule has 1 fully saturated rings. The van der Waals surface area contributed by atoms with Gasteiger partial charge in [0.2, 0.25) is 0 Å². The molecule has 1 heterocycles. The molecule has 0 bridgehead atoms. The first kappa shape index (κ1) is 8.49. The van der Waals surface area contributed by atoms with Crippen LogP contribution in [0.5, 0.6) is 0 Å². The molecule has 1 N–H and O–H groups in total. The molecule has 0 saturated carbocycles. The van der Waals surface area contributed by atoms with Gasteiger partial charge >= 0.3 is 5.97 Å². The number of β-amino-alcohol motifs (C(OH)–C–C–N with tert-alkyl or cyclic N) is 1. The number of aliphatic hydroxyl groups is 1. The van der Waals surface area contributed by atoms with Crippen molar-refractivity contribution < 1.29 is 14.6 Å². The lowest BCUT2D eigenvalue weighted by atomic mass is 10.2. The predicted octanol–water partition coefficient (Wildman–Crippen LogP) is -0.776. The lowest BCUT2D eigenvalue weighted by molar-refractivity contribution is -0.145. The highest BCUT2D eigenvalue weighted by atomic mass is 16.5. The Balaban J connectivity index is 2.52. The molecule has 0 amide bonds. The fourth-order valence-corrected chi connectivity index (χ4v) is 1.38. The second-order valence-corrected chi connectivity index (χ2v) is 2.87. The van der Waals surface area contributed by atoms with E-state index in [1.165, 1.54) is 7.11 Å². The minimum Gasteiger partial charge on any atom is -0.468 e. The van der Waals surface area contributed by atoms with E-state index >= 15 is 0 Å². The summed E-state index contributed by atoms with van der Waals surface area (Å²) in [6, 6.07) is -0.255. The Morgan fingerprint density at radius 1 is 1.73 bits per heavy atom. The van der Waals surface area contributed by atoms with Gasteiger partial charge in [-0.05, 0) is 7.05 Å². The Bertz CT molecular complexity index is 160. The fraction of sp³-hybridized carbons (Fsp3) is 0.857. The maximum absolute atomic E-state index is 11.0. The van der Waals surface area contributed by atoms with Crippen molar-refractivity contribution in [1.29, 1.82) is 0 Å². The molecule has 2 atom stereocenters. The molecule has 4 nitrogen and oxygen atoms in total. The molecule has 4 heteroatoms. The average Bonchev–Trinajstić information content (AvgIpc) is 2.28. The van der Waals surface area contributed by atoms with Crippen molar-refractivity contribution in [2.45, 2.75) is 18.6 Å². The van der Waals surface area contributed by atoms with Crippen LogP contribution in [0.15, 0.2) is 0 Å². The molecule has 0 aromatic carbocycles. The smallest absolute Gasteiger partial charge is 0.323 e. The van der Waals surface area contributed by atoms with Crippen molar-refractivity contribution in [2.24, 2.45) is 0 Å². The number of ether oxygens (including phenoxy) is 1. The summed E-state index contributed by atoms with van der Waals surface area (Å²) in [6.07, 6.45) is 0.104. The average molecular weight is 159 g/mol. The highest BCUT2D eigenvalue weighted by Gasteiger charge is 2.33. The zero-order valence-corrected chi connectivity index (χ0v) is 6.78. The van der Waals surface area contributed by atoms with Crippen LogP contribution in [0, 0.1) is 0 Å². The molecular weight excluding hydrogens is 146 g/mol. The van der Waals surface area contributed by atoms with Crippen LogP contribution in [-0.2, 0) is 9.53 Å². The Morgan fingerprint density at radius 3 is 2.73 bits per heavy atom. The van der Waals surface area contributed by atoms with Crippen LogP contribution < -0.4 is 0 Å². The molecule has 0 aromatic heterocycles. The second kappa shape index (κ2) is 3.19. The number of hydrogen-bond acceptors (Lipinski definition) is 4. The fourth-order valence-electron chi connectivity index (χ4n) is 1.38. The van der Waals surface area contributed by atoms with Crippen LogP contribution in [0.4, 0.5) is 0 Å². The van der Waals surface area contributed by atoms with Gasteiger partial charge in [-0.25, -0.2) is 0 Å². The molecule has 2 unspecified atom stereocenters. The van der Waals surface area contributed by atoms with E-state index in [1.807, 2.05) is 0 Å². The number of carbonyl (C=O) groups excluding carboxylic acids is 1. The maximum atomic E-state index is 11.0. The lowest BCUT2D eigenvalue weighted by Crippen LogP contribution is -2.33. The van der Waals surface area contributed by atoms with E-state index in [0.717, 1.165) is 0 Å². The summed E-state index contributed by atoms with van der Waals surface area (Å²) >= 11 is 0. The van der Waals surface area contributed by atoms with Crippen LogP contribution >= 0.6 is 0 Å². The molecule has 1 rings (SSSR count). The largest absolute Gasteiger partial charge is 0.468 e. The summed E-state index contributed by atoms with van der Waals surface area (Å²) in [4.78, 5) is 12.8. The topological polar surface area (TPSA) is 49.8 Å². The van der Waals surface area contributed by atoms with Gasteiger partial charge in [0.25, 0.3) is 0 Å². The van der Waals surface area contributed by atoms with E-state index in [4.69, 9.17) is 5.11 Å². The van der Waals surface area contributed by atoms with E-state index in [9.17, 15) is 4.79 Å². The molecule has 64 valence electrons. The summed E-state index contributed by atoms with van der Waals surface area (Å²) in [6.45, 7) is 0.555. The third kappa shape index (κ3) is 1.70. The Kier molecular flexibility index (Phi) is 2.46. The van der Waals surface area contributed by atoms with Gasteiger partial charge in [-0.3, -0.25) is 9.69 Å². The van der Waals surface area contributed by atoms with Crippen molar-refractivity contribution in [1.82, 2.24) is 4.90 Å². The van der Waals surface area contributed by atoms with Gasteiger partial charge in [-0.1, -0.05) is 0 Å². The van der Waals surface area contributed by atoms with Crippen LogP contribution in [-0.4, -0.2) is 48.8 Å². The van der Waals surface area contributed by atoms with Gasteiger partial charge in [-0.2, -0.15) is 0 Å². The summed E-state index contributed by atoms with van der Waals surface area (Å²) in [5, 5.41) is 9.16. The summed E-state index contributed by atoms with van der Waals surface area (Å²) in [5.41, 5.74) is 0. The van der Waals surface area contributed by atoms with Crippen LogP contribution in [0.3, 0.4) is 0 Å². The minimum absolute atomic E-state index is 0.255.